The summed E-state index contributed by atoms with van der Waals surface area (Å²) in [6, 6.07) is 27.6. The fraction of sp³-hybridized carbons (Fsp3) is 0.240. The van der Waals surface area contributed by atoms with Gasteiger partial charge >= 0.3 is 0 Å². The Balaban J connectivity index is 1.36. The molecule has 0 saturated carbocycles. The highest BCUT2D eigenvalue weighted by molar-refractivity contribution is 7.81. The molecule has 1 amide bonds. The van der Waals surface area contributed by atoms with Crippen LogP contribution < -0.4 is 4.74 Å². The molecule has 30 heavy (non-hydrogen) atoms. The van der Waals surface area contributed by atoms with Crippen molar-refractivity contribution in [3.05, 3.63) is 96.1 Å². The molecule has 1 aliphatic rings. The van der Waals surface area contributed by atoms with E-state index in [1.165, 1.54) is 0 Å². The molecule has 0 aliphatic carbocycles. The minimum Gasteiger partial charge on any atom is -0.457 e. The molecule has 0 unspecified atom stereocenters. The van der Waals surface area contributed by atoms with Crippen LogP contribution in [0.3, 0.4) is 0 Å². The molecule has 1 saturated heterocycles. The number of hydrogen-bond acceptors (Lipinski definition) is 4. The normalized spacial score (nSPS) is 18.6. The topological polar surface area (TPSA) is 38.8 Å². The third-order valence-electron chi connectivity index (χ3n) is 5.20. The van der Waals surface area contributed by atoms with Gasteiger partial charge in [0.05, 0.1) is 19.3 Å². The lowest BCUT2D eigenvalue weighted by Gasteiger charge is -2.26. The Bertz CT molecular complexity index is 947. The van der Waals surface area contributed by atoms with Crippen LogP contribution in [0.25, 0.3) is 0 Å². The van der Waals surface area contributed by atoms with Crippen LogP contribution in [-0.2, 0) is 22.7 Å². The van der Waals surface area contributed by atoms with Gasteiger partial charge in [0.1, 0.15) is 11.5 Å². The van der Waals surface area contributed by atoms with Gasteiger partial charge in [-0.15, -0.1) is 0 Å². The molecule has 1 heterocycles. The van der Waals surface area contributed by atoms with Crippen molar-refractivity contribution in [2.24, 2.45) is 0 Å². The summed E-state index contributed by atoms with van der Waals surface area (Å²) >= 11 is 4.64. The Morgan fingerprint density at radius 3 is 2.17 bits per heavy atom. The highest BCUT2D eigenvalue weighted by Gasteiger charge is 2.37. The molecule has 4 rings (SSSR count). The Hall–Kier alpha value is -2.76. The summed E-state index contributed by atoms with van der Waals surface area (Å²) in [6.45, 7) is 1.55. The molecular formula is C25H25NO3S. The van der Waals surface area contributed by atoms with Crippen LogP contribution in [-0.4, -0.2) is 28.7 Å². The zero-order valence-electron chi connectivity index (χ0n) is 16.7. The van der Waals surface area contributed by atoms with Gasteiger partial charge in [-0.3, -0.25) is 4.79 Å². The maximum atomic E-state index is 12.5. The first-order valence-electron chi connectivity index (χ1n) is 10.1. The zero-order chi connectivity index (χ0) is 20.8. The molecular weight excluding hydrogens is 394 g/mol. The van der Waals surface area contributed by atoms with E-state index in [2.05, 4.69) is 12.6 Å². The fourth-order valence-electron chi connectivity index (χ4n) is 3.59. The van der Waals surface area contributed by atoms with E-state index < -0.39 is 0 Å². The monoisotopic (exact) mass is 419 g/mol. The maximum Gasteiger partial charge on any atom is 0.224 e. The number of hydrogen-bond donors (Lipinski definition) is 1. The Labute approximate surface area is 182 Å². The van der Waals surface area contributed by atoms with E-state index in [4.69, 9.17) is 9.47 Å². The number of amides is 1. The van der Waals surface area contributed by atoms with Gasteiger partial charge in [0.25, 0.3) is 0 Å². The number of benzene rings is 3. The highest BCUT2D eigenvalue weighted by atomic mass is 32.1. The molecule has 4 nitrogen and oxygen atoms in total. The first-order valence-corrected chi connectivity index (χ1v) is 10.6. The van der Waals surface area contributed by atoms with Gasteiger partial charge in [-0.25, -0.2) is 0 Å². The molecule has 1 aliphatic heterocycles. The van der Waals surface area contributed by atoms with Crippen molar-refractivity contribution in [3.8, 4) is 11.5 Å². The van der Waals surface area contributed by atoms with Crippen LogP contribution in [0.15, 0.2) is 84.9 Å². The average Bonchev–Trinajstić information content (AvgIpc) is 3.03. The number of likely N-dealkylation sites (tertiary alicyclic amines) is 1. The second-order valence-corrected chi connectivity index (χ2v) is 8.08. The molecule has 1 fully saturated rings. The first-order chi connectivity index (χ1) is 14.7. The minimum atomic E-state index is -0.0372. The van der Waals surface area contributed by atoms with Crippen LogP contribution in [0.2, 0.25) is 0 Å². The van der Waals surface area contributed by atoms with Crippen molar-refractivity contribution in [3.63, 3.8) is 0 Å². The third kappa shape index (κ3) is 5.23. The lowest BCUT2D eigenvalue weighted by molar-refractivity contribution is -0.130. The van der Waals surface area contributed by atoms with Crippen LogP contribution in [0, 0.1) is 0 Å². The summed E-state index contributed by atoms with van der Waals surface area (Å²) in [5.41, 5.74) is 2.18. The van der Waals surface area contributed by atoms with E-state index in [9.17, 15) is 4.79 Å². The standard InChI is InChI=1S/C25H25NO3S/c27-25-15-24(30)23(18-28-17-20-7-3-1-4-8-20)26(25)16-19-11-13-22(14-12-19)29-21-9-5-2-6-10-21/h1-14,23-24,30H,15-18H2/t23-,24+/m0/s1. The number of ether oxygens (including phenoxy) is 2. The Kier molecular flexibility index (Phi) is 6.72. The summed E-state index contributed by atoms with van der Waals surface area (Å²) in [5, 5.41) is -0.0195. The Morgan fingerprint density at radius 2 is 1.47 bits per heavy atom. The molecule has 0 aromatic heterocycles. The van der Waals surface area contributed by atoms with Crippen molar-refractivity contribution in [2.75, 3.05) is 6.61 Å². The van der Waals surface area contributed by atoms with E-state index in [1.807, 2.05) is 89.8 Å². The van der Waals surface area contributed by atoms with E-state index >= 15 is 0 Å². The maximum absolute atomic E-state index is 12.5. The van der Waals surface area contributed by atoms with Crippen LogP contribution in [0.5, 0.6) is 11.5 Å². The van der Waals surface area contributed by atoms with Crippen molar-refractivity contribution >= 4 is 18.5 Å². The third-order valence-corrected chi connectivity index (χ3v) is 5.73. The molecule has 0 N–H and O–H groups in total. The average molecular weight is 420 g/mol. The SMILES string of the molecule is O=C1C[C@@H](S)[C@H](COCc2ccccc2)N1Cc1ccc(Oc2ccccc2)cc1. The molecule has 0 bridgehead atoms. The molecule has 154 valence electrons. The van der Waals surface area contributed by atoms with E-state index in [-0.39, 0.29) is 17.2 Å². The number of carbonyl (C=O) groups is 1. The zero-order valence-corrected chi connectivity index (χ0v) is 17.6. The molecule has 0 spiro atoms. The van der Waals surface area contributed by atoms with E-state index in [0.29, 0.717) is 26.2 Å². The van der Waals surface area contributed by atoms with Gasteiger partial charge in [0, 0.05) is 18.2 Å². The fourth-order valence-corrected chi connectivity index (χ4v) is 3.99. The van der Waals surface area contributed by atoms with Gasteiger partial charge in [0.15, 0.2) is 0 Å². The van der Waals surface area contributed by atoms with Crippen LogP contribution in [0.1, 0.15) is 17.5 Å². The van der Waals surface area contributed by atoms with Crippen molar-refractivity contribution in [1.29, 1.82) is 0 Å². The van der Waals surface area contributed by atoms with Gasteiger partial charge in [-0.05, 0) is 35.4 Å². The summed E-state index contributed by atoms with van der Waals surface area (Å²) < 4.78 is 11.8. The molecule has 0 radical (unpaired) electrons. The molecule has 2 atom stereocenters. The highest BCUT2D eigenvalue weighted by Crippen LogP contribution is 2.28. The summed E-state index contributed by atoms with van der Waals surface area (Å²) in [7, 11) is 0. The second kappa shape index (κ2) is 9.83. The van der Waals surface area contributed by atoms with Gasteiger partial charge < -0.3 is 14.4 Å². The summed E-state index contributed by atoms with van der Waals surface area (Å²) in [4.78, 5) is 14.4. The second-order valence-electron chi connectivity index (χ2n) is 7.42. The predicted molar refractivity (Wildman–Crippen MR) is 121 cm³/mol. The van der Waals surface area contributed by atoms with E-state index in [1.54, 1.807) is 0 Å². The van der Waals surface area contributed by atoms with Crippen molar-refractivity contribution < 1.29 is 14.3 Å². The van der Waals surface area contributed by atoms with Crippen LogP contribution >= 0.6 is 12.6 Å². The number of rotatable bonds is 8. The quantitative estimate of drug-likeness (QED) is 0.517. The number of para-hydroxylation sites is 1. The van der Waals surface area contributed by atoms with Gasteiger partial charge in [-0.2, -0.15) is 12.6 Å². The number of carbonyl (C=O) groups excluding carboxylic acids is 1. The van der Waals surface area contributed by atoms with Crippen LogP contribution in [0.4, 0.5) is 0 Å². The van der Waals surface area contributed by atoms with Gasteiger partial charge in [-0.1, -0.05) is 60.7 Å². The summed E-state index contributed by atoms with van der Waals surface area (Å²) in [6.07, 6.45) is 0.442. The Morgan fingerprint density at radius 1 is 0.833 bits per heavy atom. The molecule has 3 aromatic rings. The predicted octanol–water partition coefficient (Wildman–Crippen LogP) is 5.10. The lowest BCUT2D eigenvalue weighted by Crippen LogP contribution is -2.38. The first kappa shape index (κ1) is 20.5. The number of nitrogens with zero attached hydrogens (tertiary/aromatic N) is 1. The molecule has 5 heteroatoms. The largest absolute Gasteiger partial charge is 0.457 e. The summed E-state index contributed by atoms with van der Waals surface area (Å²) in [5.74, 6) is 1.69. The lowest BCUT2D eigenvalue weighted by atomic mass is 10.1. The smallest absolute Gasteiger partial charge is 0.224 e. The number of thiol groups is 1. The molecule has 3 aromatic carbocycles. The van der Waals surface area contributed by atoms with Crippen molar-refractivity contribution in [2.45, 2.75) is 30.9 Å². The minimum absolute atomic E-state index is 0.0195. The van der Waals surface area contributed by atoms with Crippen molar-refractivity contribution in [1.82, 2.24) is 4.90 Å². The van der Waals surface area contributed by atoms with Gasteiger partial charge in [0.2, 0.25) is 5.91 Å². The van der Waals surface area contributed by atoms with E-state index in [0.717, 1.165) is 22.6 Å².